The maximum atomic E-state index is 5.86. The Labute approximate surface area is 103 Å². The van der Waals surface area contributed by atoms with Crippen LogP contribution in [0.5, 0.6) is 0 Å². The normalized spacial score (nSPS) is 26.5. The fourth-order valence-electron chi connectivity index (χ4n) is 2.27. The Bertz CT molecular complexity index is 344. The fraction of sp³-hybridized carbons (Fsp3) is 0.571. The van der Waals surface area contributed by atoms with E-state index in [0.717, 1.165) is 0 Å². The Kier molecular flexibility index (Phi) is 3.82. The molecule has 0 bridgehead atoms. The SMILES string of the molecule is CCOC1(OCC)OC(c2ccccc2)C1C. The second-order valence-corrected chi connectivity index (χ2v) is 4.21. The first-order chi connectivity index (χ1) is 8.23. The molecule has 3 heteroatoms. The molecule has 1 aromatic carbocycles. The molecule has 1 saturated heterocycles. The molecule has 0 aliphatic carbocycles. The Hall–Kier alpha value is -0.900. The lowest BCUT2D eigenvalue weighted by molar-refractivity contribution is -0.491. The van der Waals surface area contributed by atoms with E-state index in [4.69, 9.17) is 14.2 Å². The molecule has 1 heterocycles. The van der Waals surface area contributed by atoms with Crippen LogP contribution < -0.4 is 0 Å². The summed E-state index contributed by atoms with van der Waals surface area (Å²) in [6, 6.07) is 10.2. The monoisotopic (exact) mass is 236 g/mol. The summed E-state index contributed by atoms with van der Waals surface area (Å²) >= 11 is 0. The predicted molar refractivity (Wildman–Crippen MR) is 65.4 cm³/mol. The van der Waals surface area contributed by atoms with Crippen LogP contribution >= 0.6 is 0 Å². The molecule has 17 heavy (non-hydrogen) atoms. The standard InChI is InChI=1S/C14H20O3/c1-4-15-14(16-5-2)11(3)13(17-14)12-9-7-6-8-10-12/h6-11,13H,4-5H2,1-3H3. The highest BCUT2D eigenvalue weighted by atomic mass is 16.9. The number of hydrogen-bond acceptors (Lipinski definition) is 3. The summed E-state index contributed by atoms with van der Waals surface area (Å²) in [5, 5.41) is 0. The summed E-state index contributed by atoms with van der Waals surface area (Å²) in [4.78, 5) is 0. The van der Waals surface area contributed by atoms with Crippen LogP contribution in [0.1, 0.15) is 32.4 Å². The average Bonchev–Trinajstić information content (AvgIpc) is 2.37. The quantitative estimate of drug-likeness (QED) is 0.735. The van der Waals surface area contributed by atoms with Gasteiger partial charge < -0.3 is 14.2 Å². The number of benzene rings is 1. The van der Waals surface area contributed by atoms with Crippen molar-refractivity contribution in [2.24, 2.45) is 5.92 Å². The molecule has 2 rings (SSSR count). The van der Waals surface area contributed by atoms with E-state index in [9.17, 15) is 0 Å². The van der Waals surface area contributed by atoms with Gasteiger partial charge in [0, 0.05) is 13.2 Å². The first-order valence-electron chi connectivity index (χ1n) is 6.24. The van der Waals surface area contributed by atoms with E-state index in [1.54, 1.807) is 0 Å². The van der Waals surface area contributed by atoms with E-state index >= 15 is 0 Å². The maximum absolute atomic E-state index is 5.86. The van der Waals surface area contributed by atoms with Crippen molar-refractivity contribution in [3.05, 3.63) is 35.9 Å². The van der Waals surface area contributed by atoms with Crippen LogP contribution in [0, 0.1) is 5.92 Å². The van der Waals surface area contributed by atoms with E-state index in [-0.39, 0.29) is 12.0 Å². The molecule has 2 unspecified atom stereocenters. The zero-order chi connectivity index (χ0) is 12.3. The smallest absolute Gasteiger partial charge is 0.289 e. The number of rotatable bonds is 5. The van der Waals surface area contributed by atoms with Gasteiger partial charge >= 0.3 is 0 Å². The Morgan fingerprint density at radius 3 is 2.18 bits per heavy atom. The Balaban J connectivity index is 2.08. The summed E-state index contributed by atoms with van der Waals surface area (Å²) < 4.78 is 17.1. The van der Waals surface area contributed by atoms with Gasteiger partial charge in [-0.2, -0.15) is 0 Å². The first-order valence-corrected chi connectivity index (χ1v) is 6.24. The Morgan fingerprint density at radius 2 is 1.71 bits per heavy atom. The van der Waals surface area contributed by atoms with E-state index in [0.29, 0.717) is 13.2 Å². The zero-order valence-corrected chi connectivity index (χ0v) is 10.7. The van der Waals surface area contributed by atoms with Crippen molar-refractivity contribution in [1.82, 2.24) is 0 Å². The highest BCUT2D eigenvalue weighted by Gasteiger charge is 2.56. The van der Waals surface area contributed by atoms with Gasteiger partial charge in [-0.1, -0.05) is 37.3 Å². The third-order valence-corrected chi connectivity index (χ3v) is 3.12. The van der Waals surface area contributed by atoms with Gasteiger partial charge in [-0.3, -0.25) is 0 Å². The van der Waals surface area contributed by atoms with Crippen molar-refractivity contribution in [3.8, 4) is 0 Å². The first kappa shape index (κ1) is 12.6. The van der Waals surface area contributed by atoms with Crippen molar-refractivity contribution in [2.75, 3.05) is 13.2 Å². The minimum atomic E-state index is -0.843. The highest BCUT2D eigenvalue weighted by Crippen LogP contribution is 2.49. The second-order valence-electron chi connectivity index (χ2n) is 4.21. The minimum absolute atomic E-state index is 0.0642. The van der Waals surface area contributed by atoms with Crippen molar-refractivity contribution >= 4 is 0 Å². The predicted octanol–water partition coefficient (Wildman–Crippen LogP) is 3.12. The van der Waals surface area contributed by atoms with Gasteiger partial charge in [-0.05, 0) is 19.4 Å². The molecular formula is C14H20O3. The van der Waals surface area contributed by atoms with Gasteiger partial charge in [0.05, 0.1) is 12.0 Å². The number of hydrogen-bond donors (Lipinski definition) is 0. The van der Waals surface area contributed by atoms with Gasteiger partial charge in [0.2, 0.25) is 0 Å². The van der Waals surface area contributed by atoms with Crippen LogP contribution in [0.3, 0.4) is 0 Å². The lowest BCUT2D eigenvalue weighted by Gasteiger charge is -2.51. The molecule has 1 aromatic rings. The van der Waals surface area contributed by atoms with Crippen LogP contribution in [0.4, 0.5) is 0 Å². The third kappa shape index (κ3) is 2.23. The minimum Gasteiger partial charge on any atom is -0.327 e. The van der Waals surface area contributed by atoms with Crippen molar-refractivity contribution < 1.29 is 14.2 Å². The molecule has 1 aliphatic heterocycles. The largest absolute Gasteiger partial charge is 0.327 e. The molecular weight excluding hydrogens is 216 g/mol. The Morgan fingerprint density at radius 1 is 1.12 bits per heavy atom. The second kappa shape index (κ2) is 5.17. The zero-order valence-electron chi connectivity index (χ0n) is 10.7. The summed E-state index contributed by atoms with van der Waals surface area (Å²) in [7, 11) is 0. The van der Waals surface area contributed by atoms with Gasteiger partial charge in [-0.15, -0.1) is 0 Å². The molecule has 0 saturated carbocycles. The molecule has 94 valence electrons. The maximum Gasteiger partial charge on any atom is 0.289 e. The fourth-order valence-corrected chi connectivity index (χ4v) is 2.27. The summed E-state index contributed by atoms with van der Waals surface area (Å²) in [5.41, 5.74) is 1.18. The van der Waals surface area contributed by atoms with E-state index in [2.05, 4.69) is 19.1 Å². The van der Waals surface area contributed by atoms with Gasteiger partial charge in [0.25, 0.3) is 5.97 Å². The van der Waals surface area contributed by atoms with Gasteiger partial charge in [-0.25, -0.2) is 0 Å². The van der Waals surface area contributed by atoms with Crippen molar-refractivity contribution in [3.63, 3.8) is 0 Å². The molecule has 1 aliphatic rings. The highest BCUT2D eigenvalue weighted by molar-refractivity contribution is 5.20. The van der Waals surface area contributed by atoms with Gasteiger partial charge in [0.15, 0.2) is 0 Å². The molecule has 0 aromatic heterocycles. The number of ether oxygens (including phenoxy) is 3. The lowest BCUT2D eigenvalue weighted by atomic mass is 9.89. The van der Waals surface area contributed by atoms with Crippen LogP contribution in [0.25, 0.3) is 0 Å². The van der Waals surface area contributed by atoms with E-state index in [1.165, 1.54) is 5.56 Å². The average molecular weight is 236 g/mol. The van der Waals surface area contributed by atoms with Crippen LogP contribution in [0.2, 0.25) is 0 Å². The van der Waals surface area contributed by atoms with Crippen molar-refractivity contribution in [1.29, 1.82) is 0 Å². The molecule has 0 N–H and O–H groups in total. The third-order valence-electron chi connectivity index (χ3n) is 3.12. The molecule has 0 spiro atoms. The van der Waals surface area contributed by atoms with Crippen LogP contribution in [-0.4, -0.2) is 19.2 Å². The van der Waals surface area contributed by atoms with Crippen molar-refractivity contribution in [2.45, 2.75) is 32.8 Å². The molecule has 3 nitrogen and oxygen atoms in total. The van der Waals surface area contributed by atoms with E-state index < -0.39 is 5.97 Å². The molecule has 0 amide bonds. The summed E-state index contributed by atoms with van der Waals surface area (Å²) in [5.74, 6) is -0.644. The topological polar surface area (TPSA) is 27.7 Å². The summed E-state index contributed by atoms with van der Waals surface area (Å²) in [6.07, 6.45) is 0.0642. The van der Waals surface area contributed by atoms with Crippen LogP contribution in [0.15, 0.2) is 30.3 Å². The molecule has 2 atom stereocenters. The summed E-state index contributed by atoms with van der Waals surface area (Å²) in [6.45, 7) is 7.18. The van der Waals surface area contributed by atoms with Gasteiger partial charge in [0.1, 0.15) is 0 Å². The van der Waals surface area contributed by atoms with Crippen LogP contribution in [-0.2, 0) is 14.2 Å². The molecule has 0 radical (unpaired) electrons. The lowest BCUT2D eigenvalue weighted by Crippen LogP contribution is -2.57. The molecule has 1 fully saturated rings. The van der Waals surface area contributed by atoms with E-state index in [1.807, 2.05) is 32.0 Å².